The zero-order chi connectivity index (χ0) is 12.0. The lowest BCUT2D eigenvalue weighted by atomic mass is 10.2. The molecule has 16 heavy (non-hydrogen) atoms. The Morgan fingerprint density at radius 2 is 2.12 bits per heavy atom. The van der Waals surface area contributed by atoms with Crippen molar-refractivity contribution in [2.75, 3.05) is 46.4 Å². The smallest absolute Gasteiger partial charge is 0.0589 e. The number of nitrogens with zero attached hydrogens (tertiary/aromatic N) is 2. The summed E-state index contributed by atoms with van der Waals surface area (Å²) in [5, 5.41) is 0. The molecule has 0 radical (unpaired) electrons. The topological polar surface area (TPSA) is 15.7 Å². The summed E-state index contributed by atoms with van der Waals surface area (Å²) in [7, 11) is 1.77. The lowest BCUT2D eigenvalue weighted by Crippen LogP contribution is -2.52. The first-order valence-electron chi connectivity index (χ1n) is 6.22. The van der Waals surface area contributed by atoms with Crippen LogP contribution in [0.1, 0.15) is 20.8 Å². The fraction of sp³-hybridized carbons (Fsp3) is 0.846. The van der Waals surface area contributed by atoms with Crippen LogP contribution in [0.4, 0.5) is 0 Å². The Kier molecular flexibility index (Phi) is 6.03. The fourth-order valence-corrected chi connectivity index (χ4v) is 2.09. The van der Waals surface area contributed by atoms with E-state index in [2.05, 4.69) is 36.6 Å². The van der Waals surface area contributed by atoms with E-state index >= 15 is 0 Å². The van der Waals surface area contributed by atoms with Crippen LogP contribution in [0.3, 0.4) is 0 Å². The Balaban J connectivity index is 2.30. The van der Waals surface area contributed by atoms with Crippen LogP contribution >= 0.6 is 0 Å². The Bertz CT molecular complexity index is 224. The maximum Gasteiger partial charge on any atom is 0.0589 e. The minimum atomic E-state index is 0.648. The summed E-state index contributed by atoms with van der Waals surface area (Å²) in [5.41, 5.74) is 1.41. The van der Waals surface area contributed by atoms with E-state index in [-0.39, 0.29) is 0 Å². The molecule has 1 fully saturated rings. The van der Waals surface area contributed by atoms with Gasteiger partial charge in [0.1, 0.15) is 0 Å². The van der Waals surface area contributed by atoms with Crippen LogP contribution in [0.25, 0.3) is 0 Å². The number of piperazine rings is 1. The third-order valence-electron chi connectivity index (χ3n) is 3.19. The molecule has 0 aromatic rings. The summed E-state index contributed by atoms with van der Waals surface area (Å²) in [6.07, 6.45) is 2.32. The first-order valence-corrected chi connectivity index (χ1v) is 6.22. The van der Waals surface area contributed by atoms with Crippen molar-refractivity contribution in [2.24, 2.45) is 0 Å². The number of rotatable bonds is 5. The number of hydrogen-bond donors (Lipinski definition) is 0. The molecule has 0 amide bonds. The van der Waals surface area contributed by atoms with Gasteiger partial charge in [0.2, 0.25) is 0 Å². The summed E-state index contributed by atoms with van der Waals surface area (Å²) in [6.45, 7) is 13.2. The van der Waals surface area contributed by atoms with E-state index in [1.54, 1.807) is 7.11 Å². The molecule has 1 aliphatic heterocycles. The van der Waals surface area contributed by atoms with E-state index in [0.717, 1.165) is 19.7 Å². The van der Waals surface area contributed by atoms with Gasteiger partial charge in [-0.15, -0.1) is 0 Å². The monoisotopic (exact) mass is 226 g/mol. The average Bonchev–Trinajstić information content (AvgIpc) is 2.25. The van der Waals surface area contributed by atoms with Crippen LogP contribution < -0.4 is 0 Å². The third-order valence-corrected chi connectivity index (χ3v) is 3.19. The van der Waals surface area contributed by atoms with E-state index in [9.17, 15) is 0 Å². The highest BCUT2D eigenvalue weighted by Gasteiger charge is 2.22. The molecule has 1 rings (SSSR count). The molecule has 1 saturated heterocycles. The van der Waals surface area contributed by atoms with Gasteiger partial charge in [0.15, 0.2) is 0 Å². The summed E-state index contributed by atoms with van der Waals surface area (Å²) in [4.78, 5) is 5.05. The molecule has 0 saturated carbocycles. The van der Waals surface area contributed by atoms with E-state index in [1.807, 2.05) is 0 Å². The third kappa shape index (κ3) is 4.64. The predicted molar refractivity (Wildman–Crippen MR) is 68.8 cm³/mol. The molecule has 94 valence electrons. The maximum absolute atomic E-state index is 5.13. The van der Waals surface area contributed by atoms with Crippen molar-refractivity contribution in [2.45, 2.75) is 26.8 Å². The number of hydrogen-bond acceptors (Lipinski definition) is 3. The predicted octanol–water partition coefficient (Wildman–Crippen LogP) is 1.61. The summed E-state index contributed by atoms with van der Waals surface area (Å²) in [5.74, 6) is 0. The molecule has 1 heterocycles. The highest BCUT2D eigenvalue weighted by Crippen LogP contribution is 2.09. The van der Waals surface area contributed by atoms with Crippen LogP contribution in [0, 0.1) is 0 Å². The summed E-state index contributed by atoms with van der Waals surface area (Å²) < 4.78 is 5.13. The van der Waals surface area contributed by atoms with Crippen molar-refractivity contribution in [3.8, 4) is 0 Å². The quantitative estimate of drug-likeness (QED) is 0.662. The second kappa shape index (κ2) is 7.05. The van der Waals surface area contributed by atoms with Gasteiger partial charge in [0, 0.05) is 45.9 Å². The summed E-state index contributed by atoms with van der Waals surface area (Å²) >= 11 is 0. The molecule has 0 N–H and O–H groups in total. The van der Waals surface area contributed by atoms with Gasteiger partial charge < -0.3 is 4.74 Å². The Labute approximate surface area is 100 Å². The van der Waals surface area contributed by atoms with Gasteiger partial charge in [-0.25, -0.2) is 0 Å². The molecular weight excluding hydrogens is 200 g/mol. The standard InChI is InChI=1S/C13H26N2O/c1-12(2)5-6-14-7-8-15(9-10-16-4)13(3)11-14/h5,13H,6-11H2,1-4H3. The molecule has 1 atom stereocenters. The molecule has 0 aromatic carbocycles. The van der Waals surface area contributed by atoms with Crippen LogP contribution in [0.15, 0.2) is 11.6 Å². The van der Waals surface area contributed by atoms with Crippen LogP contribution in [-0.4, -0.2) is 62.3 Å². The van der Waals surface area contributed by atoms with E-state index in [1.165, 1.54) is 25.2 Å². The molecule has 0 aromatic heterocycles. The van der Waals surface area contributed by atoms with Crippen molar-refractivity contribution in [3.63, 3.8) is 0 Å². The first-order chi connectivity index (χ1) is 7.63. The van der Waals surface area contributed by atoms with Crippen molar-refractivity contribution in [1.82, 2.24) is 9.80 Å². The Morgan fingerprint density at radius 3 is 2.69 bits per heavy atom. The van der Waals surface area contributed by atoms with Crippen molar-refractivity contribution < 1.29 is 4.74 Å². The first kappa shape index (κ1) is 13.7. The molecule has 3 nitrogen and oxygen atoms in total. The van der Waals surface area contributed by atoms with Gasteiger partial charge in [0.25, 0.3) is 0 Å². The highest BCUT2D eigenvalue weighted by molar-refractivity contribution is 4.96. The Hall–Kier alpha value is -0.380. The van der Waals surface area contributed by atoms with E-state index in [0.29, 0.717) is 6.04 Å². The van der Waals surface area contributed by atoms with Gasteiger partial charge in [0.05, 0.1) is 6.61 Å². The van der Waals surface area contributed by atoms with Crippen LogP contribution in [0.2, 0.25) is 0 Å². The van der Waals surface area contributed by atoms with Gasteiger partial charge in [-0.1, -0.05) is 11.6 Å². The van der Waals surface area contributed by atoms with Gasteiger partial charge in [-0.2, -0.15) is 0 Å². The molecular formula is C13H26N2O. The second-order valence-electron chi connectivity index (χ2n) is 4.92. The van der Waals surface area contributed by atoms with Gasteiger partial charge >= 0.3 is 0 Å². The molecule has 1 aliphatic rings. The van der Waals surface area contributed by atoms with Gasteiger partial charge in [-0.05, 0) is 20.8 Å². The fourth-order valence-electron chi connectivity index (χ4n) is 2.09. The zero-order valence-corrected chi connectivity index (χ0v) is 11.2. The maximum atomic E-state index is 5.13. The number of ether oxygens (including phenoxy) is 1. The van der Waals surface area contributed by atoms with Crippen molar-refractivity contribution in [1.29, 1.82) is 0 Å². The van der Waals surface area contributed by atoms with E-state index < -0.39 is 0 Å². The van der Waals surface area contributed by atoms with Gasteiger partial charge in [-0.3, -0.25) is 9.80 Å². The number of methoxy groups -OCH3 is 1. The van der Waals surface area contributed by atoms with Crippen molar-refractivity contribution >= 4 is 0 Å². The minimum Gasteiger partial charge on any atom is -0.383 e. The second-order valence-corrected chi connectivity index (χ2v) is 4.92. The van der Waals surface area contributed by atoms with Crippen LogP contribution in [-0.2, 0) is 4.74 Å². The zero-order valence-electron chi connectivity index (χ0n) is 11.2. The molecule has 1 unspecified atom stereocenters. The molecule has 3 heteroatoms. The summed E-state index contributed by atoms with van der Waals surface area (Å²) in [6, 6.07) is 0.648. The number of allylic oxidation sites excluding steroid dienone is 1. The normalized spacial score (nSPS) is 23.4. The molecule has 0 aliphatic carbocycles. The highest BCUT2D eigenvalue weighted by atomic mass is 16.5. The van der Waals surface area contributed by atoms with Crippen molar-refractivity contribution in [3.05, 3.63) is 11.6 Å². The SMILES string of the molecule is COCCN1CCN(CC=C(C)C)CC1C. The lowest BCUT2D eigenvalue weighted by Gasteiger charge is -2.39. The minimum absolute atomic E-state index is 0.648. The average molecular weight is 226 g/mol. The Morgan fingerprint density at radius 1 is 1.38 bits per heavy atom. The largest absolute Gasteiger partial charge is 0.383 e. The molecule has 0 spiro atoms. The van der Waals surface area contributed by atoms with Crippen LogP contribution in [0.5, 0.6) is 0 Å². The molecule has 0 bridgehead atoms. The van der Waals surface area contributed by atoms with E-state index in [4.69, 9.17) is 4.74 Å². The lowest BCUT2D eigenvalue weighted by molar-refractivity contribution is 0.0640.